The number of benzene rings is 1. The maximum atomic E-state index is 12.3. The molecule has 1 aromatic carbocycles. The zero-order chi connectivity index (χ0) is 18.4. The van der Waals surface area contributed by atoms with Crippen molar-refractivity contribution in [1.29, 1.82) is 0 Å². The first-order chi connectivity index (χ1) is 12.6. The van der Waals surface area contributed by atoms with Gasteiger partial charge >= 0.3 is 0 Å². The standard InChI is InChI=1S/C19H15ClN4O2/c20-14-5-1-6-15(10-14)23-19(26)17-8-2-7-16(24-17)18(25)22-12-13-4-3-9-21-11-13/h1-11H,12H2,(H,22,25)(H,23,26). The number of nitrogens with one attached hydrogen (secondary N) is 2. The van der Waals surface area contributed by atoms with Gasteiger partial charge in [0.1, 0.15) is 11.4 Å². The second kappa shape index (κ2) is 8.22. The minimum atomic E-state index is -0.422. The van der Waals surface area contributed by atoms with E-state index in [0.717, 1.165) is 5.56 Å². The lowest BCUT2D eigenvalue weighted by Gasteiger charge is -2.07. The van der Waals surface area contributed by atoms with E-state index in [1.54, 1.807) is 54.9 Å². The van der Waals surface area contributed by atoms with Gasteiger partial charge in [0.05, 0.1) is 0 Å². The number of carbonyl (C=O) groups is 2. The van der Waals surface area contributed by atoms with Gasteiger partial charge in [-0.05, 0) is 42.0 Å². The normalized spacial score (nSPS) is 10.2. The largest absolute Gasteiger partial charge is 0.347 e. The van der Waals surface area contributed by atoms with Crippen molar-refractivity contribution < 1.29 is 9.59 Å². The van der Waals surface area contributed by atoms with E-state index < -0.39 is 5.91 Å². The van der Waals surface area contributed by atoms with Crippen molar-refractivity contribution in [3.05, 3.63) is 89.0 Å². The van der Waals surface area contributed by atoms with Crippen LogP contribution in [-0.2, 0) is 6.54 Å². The van der Waals surface area contributed by atoms with Gasteiger partial charge in [0.2, 0.25) is 0 Å². The Morgan fingerprint density at radius 1 is 0.962 bits per heavy atom. The third-order valence-electron chi connectivity index (χ3n) is 3.47. The SMILES string of the molecule is O=C(NCc1cccnc1)c1cccc(C(=O)Nc2cccc(Cl)c2)n1. The Balaban J connectivity index is 1.67. The molecule has 0 aliphatic rings. The van der Waals surface area contributed by atoms with Gasteiger partial charge in [-0.1, -0.05) is 29.8 Å². The van der Waals surface area contributed by atoms with Gasteiger partial charge in [0.25, 0.3) is 11.8 Å². The number of anilines is 1. The van der Waals surface area contributed by atoms with Crippen molar-refractivity contribution in [2.75, 3.05) is 5.32 Å². The molecule has 3 rings (SSSR count). The number of hydrogen-bond acceptors (Lipinski definition) is 4. The molecular formula is C19H15ClN4O2. The van der Waals surface area contributed by atoms with Gasteiger partial charge in [0, 0.05) is 29.6 Å². The van der Waals surface area contributed by atoms with Gasteiger partial charge < -0.3 is 10.6 Å². The highest BCUT2D eigenvalue weighted by atomic mass is 35.5. The molecule has 0 fully saturated rings. The number of hydrogen-bond donors (Lipinski definition) is 2. The molecule has 6 nitrogen and oxygen atoms in total. The Morgan fingerprint density at radius 2 is 1.73 bits per heavy atom. The third kappa shape index (κ3) is 4.64. The van der Waals surface area contributed by atoms with Crippen LogP contribution in [0.2, 0.25) is 5.02 Å². The zero-order valence-corrected chi connectivity index (χ0v) is 14.4. The zero-order valence-electron chi connectivity index (χ0n) is 13.6. The van der Waals surface area contributed by atoms with Crippen LogP contribution in [0.5, 0.6) is 0 Å². The maximum Gasteiger partial charge on any atom is 0.274 e. The Morgan fingerprint density at radius 3 is 2.46 bits per heavy atom. The minimum Gasteiger partial charge on any atom is -0.347 e. The van der Waals surface area contributed by atoms with E-state index in [1.807, 2.05) is 6.07 Å². The molecule has 0 atom stereocenters. The molecule has 0 unspecified atom stereocenters. The third-order valence-corrected chi connectivity index (χ3v) is 3.71. The molecule has 0 aliphatic carbocycles. The fourth-order valence-electron chi connectivity index (χ4n) is 2.22. The van der Waals surface area contributed by atoms with Crippen LogP contribution in [0.3, 0.4) is 0 Å². The van der Waals surface area contributed by atoms with Crippen molar-refractivity contribution >= 4 is 29.1 Å². The lowest BCUT2D eigenvalue weighted by molar-refractivity contribution is 0.0945. The average molecular weight is 367 g/mol. The molecule has 0 bridgehead atoms. The number of nitrogens with zero attached hydrogens (tertiary/aromatic N) is 2. The Kier molecular flexibility index (Phi) is 5.56. The fraction of sp³-hybridized carbons (Fsp3) is 0.0526. The van der Waals surface area contributed by atoms with E-state index in [4.69, 9.17) is 11.6 Å². The Labute approximate surface area is 155 Å². The molecule has 0 radical (unpaired) electrons. The number of aromatic nitrogens is 2. The summed E-state index contributed by atoms with van der Waals surface area (Å²) in [5, 5.41) is 5.96. The minimum absolute atomic E-state index is 0.138. The van der Waals surface area contributed by atoms with Crippen molar-refractivity contribution in [3.63, 3.8) is 0 Å². The van der Waals surface area contributed by atoms with E-state index in [9.17, 15) is 9.59 Å². The summed E-state index contributed by atoms with van der Waals surface area (Å²) in [6, 6.07) is 15.1. The average Bonchev–Trinajstić information content (AvgIpc) is 2.67. The van der Waals surface area contributed by atoms with Crippen LogP contribution in [0.1, 0.15) is 26.5 Å². The summed E-state index contributed by atoms with van der Waals surface area (Å²) >= 11 is 5.90. The molecule has 2 heterocycles. The smallest absolute Gasteiger partial charge is 0.274 e. The lowest BCUT2D eigenvalue weighted by atomic mass is 10.2. The number of amides is 2. The first-order valence-electron chi connectivity index (χ1n) is 7.83. The summed E-state index contributed by atoms with van der Waals surface area (Å²) in [5.74, 6) is -0.791. The lowest BCUT2D eigenvalue weighted by Crippen LogP contribution is -2.25. The topological polar surface area (TPSA) is 84.0 Å². The quantitative estimate of drug-likeness (QED) is 0.725. The van der Waals surface area contributed by atoms with Crippen molar-refractivity contribution in [2.24, 2.45) is 0 Å². The first kappa shape index (κ1) is 17.6. The van der Waals surface area contributed by atoms with Crippen LogP contribution in [0.15, 0.2) is 67.0 Å². The second-order valence-corrected chi connectivity index (χ2v) is 5.85. The summed E-state index contributed by atoms with van der Waals surface area (Å²) < 4.78 is 0. The van der Waals surface area contributed by atoms with Gasteiger partial charge in [0.15, 0.2) is 0 Å². The van der Waals surface area contributed by atoms with Crippen LogP contribution in [-0.4, -0.2) is 21.8 Å². The van der Waals surface area contributed by atoms with Crippen molar-refractivity contribution in [1.82, 2.24) is 15.3 Å². The van der Waals surface area contributed by atoms with Crippen LogP contribution < -0.4 is 10.6 Å². The van der Waals surface area contributed by atoms with Gasteiger partial charge in [-0.3, -0.25) is 14.6 Å². The maximum absolute atomic E-state index is 12.3. The number of halogens is 1. The Bertz CT molecular complexity index is 932. The van der Waals surface area contributed by atoms with Crippen molar-refractivity contribution in [3.8, 4) is 0 Å². The summed E-state index contributed by atoms with van der Waals surface area (Å²) in [5.41, 5.74) is 1.72. The molecule has 0 spiro atoms. The predicted octanol–water partition coefficient (Wildman–Crippen LogP) is 3.31. The van der Waals surface area contributed by atoms with E-state index in [0.29, 0.717) is 17.3 Å². The highest BCUT2D eigenvalue weighted by molar-refractivity contribution is 6.30. The van der Waals surface area contributed by atoms with Crippen LogP contribution >= 0.6 is 11.6 Å². The monoisotopic (exact) mass is 366 g/mol. The van der Waals surface area contributed by atoms with Crippen LogP contribution in [0.4, 0.5) is 5.69 Å². The molecule has 2 aromatic heterocycles. The van der Waals surface area contributed by atoms with E-state index in [1.165, 1.54) is 6.07 Å². The molecular weight excluding hydrogens is 352 g/mol. The highest BCUT2D eigenvalue weighted by Gasteiger charge is 2.12. The van der Waals surface area contributed by atoms with E-state index >= 15 is 0 Å². The second-order valence-electron chi connectivity index (χ2n) is 5.42. The summed E-state index contributed by atoms with van der Waals surface area (Å²) in [6.45, 7) is 0.327. The van der Waals surface area contributed by atoms with Crippen molar-refractivity contribution in [2.45, 2.75) is 6.54 Å². The van der Waals surface area contributed by atoms with Gasteiger partial charge in [-0.25, -0.2) is 4.98 Å². The number of rotatable bonds is 5. The summed E-state index contributed by atoms with van der Waals surface area (Å²) in [7, 11) is 0. The molecule has 0 saturated heterocycles. The summed E-state index contributed by atoms with van der Waals surface area (Å²) in [4.78, 5) is 32.7. The highest BCUT2D eigenvalue weighted by Crippen LogP contribution is 2.15. The first-order valence-corrected chi connectivity index (χ1v) is 8.21. The number of pyridine rings is 2. The summed E-state index contributed by atoms with van der Waals surface area (Å²) in [6.07, 6.45) is 3.33. The molecule has 3 aromatic rings. The molecule has 7 heteroatoms. The van der Waals surface area contributed by atoms with Crippen LogP contribution in [0.25, 0.3) is 0 Å². The molecule has 130 valence electrons. The fourth-order valence-corrected chi connectivity index (χ4v) is 2.41. The molecule has 2 N–H and O–H groups in total. The predicted molar refractivity (Wildman–Crippen MR) is 99.0 cm³/mol. The van der Waals surface area contributed by atoms with Crippen LogP contribution in [0, 0.1) is 0 Å². The van der Waals surface area contributed by atoms with Gasteiger partial charge in [-0.15, -0.1) is 0 Å². The Hall–Kier alpha value is -3.25. The molecule has 2 amide bonds. The van der Waals surface area contributed by atoms with E-state index in [-0.39, 0.29) is 17.3 Å². The number of carbonyl (C=O) groups excluding carboxylic acids is 2. The molecule has 26 heavy (non-hydrogen) atoms. The van der Waals surface area contributed by atoms with Gasteiger partial charge in [-0.2, -0.15) is 0 Å². The van der Waals surface area contributed by atoms with E-state index in [2.05, 4.69) is 20.6 Å². The molecule has 0 aliphatic heterocycles. The molecule has 0 saturated carbocycles.